The van der Waals surface area contributed by atoms with Crippen molar-refractivity contribution < 1.29 is 14.7 Å². The van der Waals surface area contributed by atoms with Crippen molar-refractivity contribution in [3.8, 4) is 0 Å². The van der Waals surface area contributed by atoms with Crippen LogP contribution in [-0.2, 0) is 11.3 Å². The lowest BCUT2D eigenvalue weighted by molar-refractivity contribution is -0.146. The van der Waals surface area contributed by atoms with E-state index in [1.807, 2.05) is 60.8 Å². The molecule has 2 amide bonds. The third-order valence-electron chi connectivity index (χ3n) is 5.43. The first-order valence-electron chi connectivity index (χ1n) is 9.56. The Balaban J connectivity index is 1.56. The second kappa shape index (κ2) is 7.85. The zero-order chi connectivity index (χ0) is 20.4. The molecule has 0 radical (unpaired) electrons. The molecule has 0 spiro atoms. The number of thiophene rings is 1. The van der Waals surface area contributed by atoms with Gasteiger partial charge >= 0.3 is 12.0 Å². The van der Waals surface area contributed by atoms with E-state index in [1.165, 1.54) is 0 Å². The topological polar surface area (TPSA) is 90.5 Å². The average Bonchev–Trinajstić information content (AvgIpc) is 3.31. The van der Waals surface area contributed by atoms with E-state index in [-0.39, 0.29) is 5.92 Å². The predicted octanol–water partition coefficient (Wildman–Crippen LogP) is 3.57. The Labute approximate surface area is 172 Å². The standard InChI is InChI=1S/C22H23N3O3S/c1-14-5-4-6-15(11-14)12-23-21(28)25-22(20(26)27)18(9-10-24-22)17-13-29-19-8-3-2-7-16(17)19/h2-8,11,13,18,24H,9-10,12H2,1H3,(H,26,27)(H2,23,25,28)/t18?,22-/m1/s1. The second-order valence-electron chi connectivity index (χ2n) is 7.37. The zero-order valence-electron chi connectivity index (χ0n) is 16.1. The lowest BCUT2D eigenvalue weighted by atomic mass is 9.86. The Bertz CT molecular complexity index is 1060. The van der Waals surface area contributed by atoms with Crippen LogP contribution in [0, 0.1) is 6.92 Å². The molecule has 1 aliphatic rings. The SMILES string of the molecule is Cc1cccc(CNC(=O)N[C@]2(C(=O)O)NCCC2c2csc3ccccc23)c1. The van der Waals surface area contributed by atoms with Gasteiger partial charge in [0.05, 0.1) is 0 Å². The fourth-order valence-corrected chi connectivity index (χ4v) is 5.06. The number of aryl methyl sites for hydroxylation is 1. The van der Waals surface area contributed by atoms with Crippen LogP contribution in [0.1, 0.15) is 29.0 Å². The van der Waals surface area contributed by atoms with Crippen molar-refractivity contribution in [2.75, 3.05) is 6.54 Å². The Morgan fingerprint density at radius 3 is 2.86 bits per heavy atom. The Kier molecular flexibility index (Phi) is 5.25. The van der Waals surface area contributed by atoms with Crippen molar-refractivity contribution in [2.45, 2.75) is 31.5 Å². The quantitative estimate of drug-likeness (QED) is 0.519. The summed E-state index contributed by atoms with van der Waals surface area (Å²) >= 11 is 1.59. The van der Waals surface area contributed by atoms with E-state index in [0.29, 0.717) is 19.5 Å². The maximum absolute atomic E-state index is 12.6. The van der Waals surface area contributed by atoms with E-state index in [1.54, 1.807) is 11.3 Å². The minimum atomic E-state index is -1.54. The van der Waals surface area contributed by atoms with Crippen LogP contribution in [0.5, 0.6) is 0 Å². The summed E-state index contributed by atoms with van der Waals surface area (Å²) in [5.41, 5.74) is 1.48. The molecule has 2 heterocycles. The number of urea groups is 1. The molecule has 1 aliphatic heterocycles. The summed E-state index contributed by atoms with van der Waals surface area (Å²) in [4.78, 5) is 24.9. The summed E-state index contributed by atoms with van der Waals surface area (Å²) in [7, 11) is 0. The normalized spacial score (nSPS) is 21.2. The molecule has 7 heteroatoms. The molecule has 0 aliphatic carbocycles. The predicted molar refractivity (Wildman–Crippen MR) is 114 cm³/mol. The van der Waals surface area contributed by atoms with Gasteiger partial charge in [0.25, 0.3) is 0 Å². The van der Waals surface area contributed by atoms with Gasteiger partial charge in [-0.25, -0.2) is 9.59 Å². The van der Waals surface area contributed by atoms with Gasteiger partial charge in [0, 0.05) is 17.2 Å². The van der Waals surface area contributed by atoms with E-state index in [4.69, 9.17) is 0 Å². The van der Waals surface area contributed by atoms with Crippen LogP contribution in [-0.4, -0.2) is 29.3 Å². The number of carboxylic acid groups (broad SMARTS) is 1. The van der Waals surface area contributed by atoms with Gasteiger partial charge in [0.2, 0.25) is 0 Å². The number of carbonyl (C=O) groups is 2. The first-order chi connectivity index (χ1) is 14.0. The monoisotopic (exact) mass is 409 g/mol. The van der Waals surface area contributed by atoms with E-state index < -0.39 is 17.7 Å². The lowest BCUT2D eigenvalue weighted by Crippen LogP contribution is -2.65. The van der Waals surface area contributed by atoms with Crippen molar-refractivity contribution in [1.29, 1.82) is 0 Å². The summed E-state index contributed by atoms with van der Waals surface area (Å²) < 4.78 is 1.11. The maximum Gasteiger partial charge on any atom is 0.345 e. The number of rotatable bonds is 5. The molecule has 1 aromatic heterocycles. The number of benzene rings is 2. The first kappa shape index (κ1) is 19.4. The van der Waals surface area contributed by atoms with Crippen molar-refractivity contribution in [1.82, 2.24) is 16.0 Å². The van der Waals surface area contributed by atoms with Gasteiger partial charge in [-0.1, -0.05) is 48.0 Å². The Morgan fingerprint density at radius 1 is 1.24 bits per heavy atom. The van der Waals surface area contributed by atoms with Gasteiger partial charge in [-0.3, -0.25) is 5.32 Å². The molecule has 1 fully saturated rings. The first-order valence-corrected chi connectivity index (χ1v) is 10.4. The van der Waals surface area contributed by atoms with Crippen LogP contribution in [0.25, 0.3) is 10.1 Å². The number of hydrogen-bond acceptors (Lipinski definition) is 4. The molecule has 6 nitrogen and oxygen atoms in total. The number of carboxylic acids is 1. The van der Waals surface area contributed by atoms with Crippen molar-refractivity contribution in [2.24, 2.45) is 0 Å². The molecular weight excluding hydrogens is 386 g/mol. The zero-order valence-corrected chi connectivity index (χ0v) is 16.9. The van der Waals surface area contributed by atoms with E-state index in [9.17, 15) is 14.7 Å². The van der Waals surface area contributed by atoms with Gasteiger partial charge in [0.15, 0.2) is 5.66 Å². The minimum Gasteiger partial charge on any atom is -0.478 e. The summed E-state index contributed by atoms with van der Waals surface area (Å²) in [5.74, 6) is -1.44. The molecule has 3 aromatic rings. The van der Waals surface area contributed by atoms with E-state index in [0.717, 1.165) is 26.8 Å². The molecule has 2 atom stereocenters. The highest BCUT2D eigenvalue weighted by molar-refractivity contribution is 7.17. The fourth-order valence-electron chi connectivity index (χ4n) is 4.05. The summed E-state index contributed by atoms with van der Waals surface area (Å²) in [6.07, 6.45) is 0.630. The van der Waals surface area contributed by atoms with Gasteiger partial charge in [-0.15, -0.1) is 11.3 Å². The molecule has 4 N–H and O–H groups in total. The second-order valence-corrected chi connectivity index (χ2v) is 8.28. The van der Waals surface area contributed by atoms with Crippen LogP contribution in [0.4, 0.5) is 4.79 Å². The number of amides is 2. The van der Waals surface area contributed by atoms with Gasteiger partial charge in [0.1, 0.15) is 0 Å². The molecule has 29 heavy (non-hydrogen) atoms. The minimum absolute atomic E-state index is 0.329. The van der Waals surface area contributed by atoms with E-state index >= 15 is 0 Å². The largest absolute Gasteiger partial charge is 0.478 e. The molecule has 1 unspecified atom stereocenters. The molecule has 1 saturated heterocycles. The van der Waals surface area contributed by atoms with Crippen molar-refractivity contribution >= 4 is 33.4 Å². The van der Waals surface area contributed by atoms with Crippen molar-refractivity contribution in [3.63, 3.8) is 0 Å². The third kappa shape index (κ3) is 3.71. The Hall–Kier alpha value is -2.90. The average molecular weight is 410 g/mol. The number of aliphatic carboxylic acids is 1. The van der Waals surface area contributed by atoms with Crippen LogP contribution in [0.2, 0.25) is 0 Å². The molecule has 150 valence electrons. The third-order valence-corrected chi connectivity index (χ3v) is 6.41. The summed E-state index contributed by atoms with van der Waals surface area (Å²) in [6.45, 7) is 2.83. The molecular formula is C22H23N3O3S. The van der Waals surface area contributed by atoms with Gasteiger partial charge < -0.3 is 15.7 Å². The summed E-state index contributed by atoms with van der Waals surface area (Å²) in [5, 5.41) is 21.7. The molecule has 4 rings (SSSR count). The highest BCUT2D eigenvalue weighted by Gasteiger charge is 2.52. The van der Waals surface area contributed by atoms with Gasteiger partial charge in [-0.05, 0) is 47.8 Å². The van der Waals surface area contributed by atoms with Crippen LogP contribution >= 0.6 is 11.3 Å². The summed E-state index contributed by atoms with van der Waals surface area (Å²) in [6, 6.07) is 15.3. The number of carbonyl (C=O) groups excluding carboxylic acids is 1. The molecule has 0 saturated carbocycles. The molecule has 2 aromatic carbocycles. The number of fused-ring (bicyclic) bond motifs is 1. The number of hydrogen-bond donors (Lipinski definition) is 4. The van der Waals surface area contributed by atoms with E-state index in [2.05, 4.69) is 16.0 Å². The van der Waals surface area contributed by atoms with Crippen LogP contribution < -0.4 is 16.0 Å². The van der Waals surface area contributed by atoms with Crippen LogP contribution in [0.3, 0.4) is 0 Å². The highest BCUT2D eigenvalue weighted by atomic mass is 32.1. The molecule has 0 bridgehead atoms. The van der Waals surface area contributed by atoms with Crippen LogP contribution in [0.15, 0.2) is 53.9 Å². The number of nitrogens with one attached hydrogen (secondary N) is 3. The van der Waals surface area contributed by atoms with Crippen molar-refractivity contribution in [3.05, 3.63) is 70.6 Å². The smallest absolute Gasteiger partial charge is 0.345 e. The maximum atomic E-state index is 12.6. The highest BCUT2D eigenvalue weighted by Crippen LogP contribution is 2.40. The van der Waals surface area contributed by atoms with Gasteiger partial charge in [-0.2, -0.15) is 0 Å². The fraction of sp³-hybridized carbons (Fsp3) is 0.273. The lowest BCUT2D eigenvalue weighted by Gasteiger charge is -2.32. The Morgan fingerprint density at radius 2 is 2.07 bits per heavy atom.